The highest BCUT2D eigenvalue weighted by molar-refractivity contribution is 6.29. The van der Waals surface area contributed by atoms with Crippen LogP contribution >= 0.6 is 11.6 Å². The Hall–Kier alpha value is -2.01. The van der Waals surface area contributed by atoms with E-state index in [2.05, 4.69) is 15.3 Å². The quantitative estimate of drug-likeness (QED) is 0.677. The van der Waals surface area contributed by atoms with Crippen molar-refractivity contribution in [1.29, 1.82) is 0 Å². The first-order valence-electron chi connectivity index (χ1n) is 5.29. The summed E-state index contributed by atoms with van der Waals surface area (Å²) in [4.78, 5) is 0. The number of aromatic nitrogens is 4. The fraction of sp³-hybridized carbons (Fsp3) is 0.0833. The molecule has 0 atom stereocenters. The van der Waals surface area contributed by atoms with E-state index in [-0.39, 0.29) is 5.82 Å². The van der Waals surface area contributed by atoms with Crippen LogP contribution in [0.3, 0.4) is 0 Å². The molecule has 0 spiro atoms. The van der Waals surface area contributed by atoms with Gasteiger partial charge in [-0.1, -0.05) is 11.6 Å². The lowest BCUT2D eigenvalue weighted by Crippen LogP contribution is -1.96. The van der Waals surface area contributed by atoms with Crippen molar-refractivity contribution < 1.29 is 4.39 Å². The van der Waals surface area contributed by atoms with Crippen molar-refractivity contribution in [3.05, 3.63) is 46.9 Å². The average molecular weight is 263 g/mol. The monoisotopic (exact) mass is 262 g/mol. The Labute approximate surface area is 107 Å². The van der Waals surface area contributed by atoms with Crippen molar-refractivity contribution in [2.75, 3.05) is 0 Å². The molecule has 6 heteroatoms. The Morgan fingerprint density at radius 2 is 2.00 bits per heavy atom. The molecule has 18 heavy (non-hydrogen) atoms. The number of hydrogen-bond donors (Lipinski definition) is 0. The van der Waals surface area contributed by atoms with Gasteiger partial charge in [-0.3, -0.25) is 0 Å². The summed E-state index contributed by atoms with van der Waals surface area (Å²) in [5.41, 5.74) is 2.14. The van der Waals surface area contributed by atoms with E-state index in [4.69, 9.17) is 11.6 Å². The van der Waals surface area contributed by atoms with Gasteiger partial charge in [0.2, 0.25) is 0 Å². The Kier molecular flexibility index (Phi) is 2.48. The first-order valence-corrected chi connectivity index (χ1v) is 5.67. The van der Waals surface area contributed by atoms with Gasteiger partial charge < -0.3 is 0 Å². The molecule has 1 aromatic carbocycles. The van der Waals surface area contributed by atoms with E-state index in [0.717, 1.165) is 11.1 Å². The van der Waals surface area contributed by atoms with Gasteiger partial charge in [-0.05, 0) is 42.8 Å². The van der Waals surface area contributed by atoms with Crippen LogP contribution in [-0.4, -0.2) is 19.8 Å². The summed E-state index contributed by atoms with van der Waals surface area (Å²) in [5, 5.41) is 12.6. The molecule has 3 rings (SSSR count). The third-order valence-corrected chi connectivity index (χ3v) is 2.86. The molecule has 0 bridgehead atoms. The first kappa shape index (κ1) is 11.1. The molecule has 0 aliphatic carbocycles. The lowest BCUT2D eigenvalue weighted by molar-refractivity contribution is 0.627. The van der Waals surface area contributed by atoms with E-state index in [1.165, 1.54) is 12.1 Å². The zero-order valence-corrected chi connectivity index (χ0v) is 10.2. The minimum atomic E-state index is -0.281. The molecule has 0 unspecified atom stereocenters. The van der Waals surface area contributed by atoms with Gasteiger partial charge in [0, 0.05) is 5.56 Å². The fourth-order valence-corrected chi connectivity index (χ4v) is 1.95. The van der Waals surface area contributed by atoms with Crippen molar-refractivity contribution in [3.8, 4) is 11.4 Å². The lowest BCUT2D eigenvalue weighted by Gasteiger charge is -2.03. The summed E-state index contributed by atoms with van der Waals surface area (Å²) in [5.74, 6) is 0.265. The molecule has 3 aromatic rings. The van der Waals surface area contributed by atoms with E-state index < -0.39 is 0 Å². The minimum Gasteiger partial charge on any atom is -0.207 e. The molecule has 4 nitrogen and oxygen atoms in total. The molecule has 0 aliphatic rings. The molecule has 0 amide bonds. The summed E-state index contributed by atoms with van der Waals surface area (Å²) >= 11 is 5.85. The summed E-state index contributed by atoms with van der Waals surface area (Å²) in [6.45, 7) is 1.81. The highest BCUT2D eigenvalue weighted by Crippen LogP contribution is 2.22. The highest BCUT2D eigenvalue weighted by Gasteiger charge is 2.12. The second kappa shape index (κ2) is 4.03. The van der Waals surface area contributed by atoms with Gasteiger partial charge in [-0.25, -0.2) is 4.39 Å². The SMILES string of the molecule is Cc1cc(F)ccc1-c1nnc2ccc(Cl)nn12. The third kappa shape index (κ3) is 1.73. The van der Waals surface area contributed by atoms with Crippen molar-refractivity contribution in [2.24, 2.45) is 0 Å². The number of nitrogens with zero attached hydrogens (tertiary/aromatic N) is 4. The molecule has 90 valence electrons. The van der Waals surface area contributed by atoms with Gasteiger partial charge >= 0.3 is 0 Å². The maximum Gasteiger partial charge on any atom is 0.185 e. The molecule has 0 aliphatic heterocycles. The van der Waals surface area contributed by atoms with Crippen LogP contribution in [-0.2, 0) is 0 Å². The van der Waals surface area contributed by atoms with Crippen molar-refractivity contribution >= 4 is 17.2 Å². The molecule has 0 saturated heterocycles. The second-order valence-electron chi connectivity index (χ2n) is 3.91. The second-order valence-corrected chi connectivity index (χ2v) is 4.30. The number of halogens is 2. The maximum atomic E-state index is 13.1. The first-order chi connectivity index (χ1) is 8.65. The third-order valence-electron chi connectivity index (χ3n) is 2.66. The van der Waals surface area contributed by atoms with Crippen LogP contribution in [0.15, 0.2) is 30.3 Å². The molecule has 2 heterocycles. The Morgan fingerprint density at radius 3 is 2.78 bits per heavy atom. The van der Waals surface area contributed by atoms with E-state index in [1.807, 2.05) is 6.92 Å². The number of aryl methyl sites for hydroxylation is 1. The molecule has 0 fully saturated rings. The maximum absolute atomic E-state index is 13.1. The lowest BCUT2D eigenvalue weighted by atomic mass is 10.1. The van der Waals surface area contributed by atoms with Gasteiger partial charge in [-0.2, -0.15) is 9.61 Å². The Balaban J connectivity index is 2.28. The van der Waals surface area contributed by atoms with E-state index in [0.29, 0.717) is 16.6 Å². The van der Waals surface area contributed by atoms with E-state index in [9.17, 15) is 4.39 Å². The fourth-order valence-electron chi connectivity index (χ4n) is 1.81. The highest BCUT2D eigenvalue weighted by atomic mass is 35.5. The van der Waals surface area contributed by atoms with Gasteiger partial charge in [0.25, 0.3) is 0 Å². The molecular weight excluding hydrogens is 255 g/mol. The molecule has 0 radical (unpaired) electrons. The van der Waals surface area contributed by atoms with Crippen LogP contribution in [0.2, 0.25) is 5.15 Å². The molecule has 2 aromatic heterocycles. The van der Waals surface area contributed by atoms with E-state index >= 15 is 0 Å². The smallest absolute Gasteiger partial charge is 0.185 e. The standard InChI is InChI=1S/C12H8ClFN4/c1-7-6-8(14)2-3-9(7)12-16-15-11-5-4-10(13)17-18(11)12/h2-6H,1H3. The Morgan fingerprint density at radius 1 is 1.17 bits per heavy atom. The van der Waals surface area contributed by atoms with Crippen molar-refractivity contribution in [1.82, 2.24) is 19.8 Å². The van der Waals surface area contributed by atoms with Crippen LogP contribution in [0.25, 0.3) is 17.0 Å². The number of fused-ring (bicyclic) bond motifs is 1. The minimum absolute atomic E-state index is 0.281. The van der Waals surface area contributed by atoms with Gasteiger partial charge in [0.15, 0.2) is 11.5 Å². The van der Waals surface area contributed by atoms with E-state index in [1.54, 1.807) is 22.7 Å². The average Bonchev–Trinajstić information content (AvgIpc) is 2.72. The zero-order valence-electron chi connectivity index (χ0n) is 9.43. The largest absolute Gasteiger partial charge is 0.207 e. The zero-order chi connectivity index (χ0) is 12.7. The topological polar surface area (TPSA) is 43.1 Å². The van der Waals surface area contributed by atoms with Crippen LogP contribution in [0.5, 0.6) is 0 Å². The summed E-state index contributed by atoms with van der Waals surface area (Å²) < 4.78 is 14.6. The molecule has 0 saturated carbocycles. The number of benzene rings is 1. The molecule has 0 N–H and O–H groups in total. The van der Waals surface area contributed by atoms with Gasteiger partial charge in [-0.15, -0.1) is 10.2 Å². The Bertz CT molecular complexity index is 738. The van der Waals surface area contributed by atoms with Crippen LogP contribution < -0.4 is 0 Å². The summed E-state index contributed by atoms with van der Waals surface area (Å²) in [6.07, 6.45) is 0. The number of hydrogen-bond acceptors (Lipinski definition) is 3. The predicted octanol–water partition coefficient (Wildman–Crippen LogP) is 2.89. The normalized spacial score (nSPS) is 11.1. The van der Waals surface area contributed by atoms with Crippen molar-refractivity contribution in [2.45, 2.75) is 6.92 Å². The van der Waals surface area contributed by atoms with Gasteiger partial charge in [0.1, 0.15) is 11.0 Å². The van der Waals surface area contributed by atoms with Crippen LogP contribution in [0.1, 0.15) is 5.56 Å². The van der Waals surface area contributed by atoms with Gasteiger partial charge in [0.05, 0.1) is 0 Å². The summed E-state index contributed by atoms with van der Waals surface area (Å²) in [7, 11) is 0. The summed E-state index contributed by atoms with van der Waals surface area (Å²) in [6, 6.07) is 7.86. The van der Waals surface area contributed by atoms with Crippen molar-refractivity contribution in [3.63, 3.8) is 0 Å². The van der Waals surface area contributed by atoms with Crippen LogP contribution in [0, 0.1) is 12.7 Å². The predicted molar refractivity (Wildman–Crippen MR) is 65.9 cm³/mol. The van der Waals surface area contributed by atoms with Crippen LogP contribution in [0.4, 0.5) is 4.39 Å². The number of rotatable bonds is 1. The molecular formula is C12H8ClFN4.